The summed E-state index contributed by atoms with van der Waals surface area (Å²) in [5.41, 5.74) is 0. The maximum Gasteiger partial charge on any atom is 0.306 e. The fourth-order valence-electron chi connectivity index (χ4n) is 1.90. The first-order valence-electron chi connectivity index (χ1n) is 6.09. The van der Waals surface area contributed by atoms with Gasteiger partial charge in [0.1, 0.15) is 0 Å². The lowest BCUT2D eigenvalue weighted by Gasteiger charge is -2.12. The summed E-state index contributed by atoms with van der Waals surface area (Å²) >= 11 is 0. The van der Waals surface area contributed by atoms with Crippen LogP contribution in [0, 0.1) is 0 Å². The monoisotopic (exact) mass is 396 g/mol. The van der Waals surface area contributed by atoms with Crippen LogP contribution in [0.25, 0.3) is 10.8 Å². The molecule has 0 atom stereocenters. The van der Waals surface area contributed by atoms with Crippen molar-refractivity contribution in [1.82, 2.24) is 0 Å². The molecular weight excluding hydrogens is 384 g/mol. The van der Waals surface area contributed by atoms with Crippen molar-refractivity contribution in [2.45, 2.75) is 4.90 Å². The topological polar surface area (TPSA) is 141 Å². The van der Waals surface area contributed by atoms with Gasteiger partial charge >= 0.3 is 20.2 Å². The van der Waals surface area contributed by atoms with Crippen LogP contribution in [-0.4, -0.2) is 42.3 Å². The van der Waals surface area contributed by atoms with Crippen molar-refractivity contribution in [3.63, 3.8) is 0 Å². The molecule has 12 heteroatoms. The fourth-order valence-corrected chi connectivity index (χ4v) is 3.35. The molecule has 24 heavy (non-hydrogen) atoms. The van der Waals surface area contributed by atoms with Gasteiger partial charge in [-0.1, -0.05) is 0 Å². The van der Waals surface area contributed by atoms with Gasteiger partial charge in [0.05, 0.1) is 17.4 Å². The Morgan fingerprint density at radius 2 is 1.21 bits per heavy atom. The summed E-state index contributed by atoms with van der Waals surface area (Å²) < 4.78 is 86.4. The second-order valence-corrected chi connectivity index (χ2v) is 9.39. The first-order valence-corrected chi connectivity index (χ1v) is 11.2. The SMILES string of the molecule is CS(=O)(=O)Oc1ccc(OS(C)(=O)=O)c2cc(S(=O)(=O)O)ccc12. The van der Waals surface area contributed by atoms with E-state index < -0.39 is 35.2 Å². The first-order chi connectivity index (χ1) is 10.8. The molecule has 0 spiro atoms. The van der Waals surface area contributed by atoms with Gasteiger partial charge < -0.3 is 8.37 Å². The third-order valence-corrected chi connectivity index (χ3v) is 4.50. The van der Waals surface area contributed by atoms with Crippen LogP contribution in [0.1, 0.15) is 0 Å². The van der Waals surface area contributed by atoms with Gasteiger partial charge in [-0.2, -0.15) is 25.3 Å². The van der Waals surface area contributed by atoms with Gasteiger partial charge in [-0.25, -0.2) is 0 Å². The summed E-state index contributed by atoms with van der Waals surface area (Å²) in [5, 5.41) is 0.00525. The van der Waals surface area contributed by atoms with E-state index in [2.05, 4.69) is 0 Å². The molecule has 132 valence electrons. The van der Waals surface area contributed by atoms with E-state index in [1.165, 1.54) is 0 Å². The molecule has 2 aromatic carbocycles. The van der Waals surface area contributed by atoms with Crippen LogP contribution in [0.4, 0.5) is 0 Å². The Bertz CT molecular complexity index is 1110. The summed E-state index contributed by atoms with van der Waals surface area (Å²) in [7, 11) is -12.4. The van der Waals surface area contributed by atoms with Crippen molar-refractivity contribution in [1.29, 1.82) is 0 Å². The zero-order valence-electron chi connectivity index (χ0n) is 12.3. The lowest BCUT2D eigenvalue weighted by Crippen LogP contribution is -2.08. The van der Waals surface area contributed by atoms with E-state index in [1.54, 1.807) is 0 Å². The Labute approximate surface area is 138 Å². The van der Waals surface area contributed by atoms with E-state index in [4.69, 9.17) is 12.9 Å². The second-order valence-electron chi connectivity index (χ2n) is 4.82. The van der Waals surface area contributed by atoms with Gasteiger partial charge in [-0.3, -0.25) is 4.55 Å². The van der Waals surface area contributed by atoms with Gasteiger partial charge in [0.25, 0.3) is 10.1 Å². The minimum Gasteiger partial charge on any atom is -0.382 e. The van der Waals surface area contributed by atoms with Crippen molar-refractivity contribution >= 4 is 41.1 Å². The number of benzene rings is 2. The first kappa shape index (κ1) is 18.4. The average molecular weight is 396 g/mol. The summed E-state index contributed by atoms with van der Waals surface area (Å²) in [6.45, 7) is 0. The Kier molecular flexibility index (Phi) is 4.52. The number of rotatable bonds is 5. The molecular formula is C12H12O9S3. The maximum atomic E-state index is 11.3. The highest BCUT2D eigenvalue weighted by Gasteiger charge is 2.18. The molecule has 2 aromatic rings. The molecule has 0 aromatic heterocycles. The molecule has 0 saturated carbocycles. The summed E-state index contributed by atoms with van der Waals surface area (Å²) in [5.74, 6) is -0.408. The molecule has 0 amide bonds. The van der Waals surface area contributed by atoms with Crippen LogP contribution < -0.4 is 8.37 Å². The van der Waals surface area contributed by atoms with E-state index in [1.807, 2.05) is 0 Å². The fraction of sp³-hybridized carbons (Fsp3) is 0.167. The van der Waals surface area contributed by atoms with E-state index >= 15 is 0 Å². The molecule has 0 fully saturated rings. The summed E-state index contributed by atoms with van der Waals surface area (Å²) in [4.78, 5) is -0.523. The van der Waals surface area contributed by atoms with Crippen molar-refractivity contribution in [2.75, 3.05) is 12.5 Å². The highest BCUT2D eigenvalue weighted by atomic mass is 32.2. The van der Waals surface area contributed by atoms with Gasteiger partial charge in [0.15, 0.2) is 11.5 Å². The third kappa shape index (κ3) is 4.56. The Hall–Kier alpha value is -1.89. The molecule has 0 saturated heterocycles. The highest BCUT2D eigenvalue weighted by Crippen LogP contribution is 2.35. The predicted octanol–water partition coefficient (Wildman–Crippen LogP) is 0.763. The summed E-state index contributed by atoms with van der Waals surface area (Å²) in [6, 6.07) is 5.39. The normalized spacial score (nSPS) is 13.0. The van der Waals surface area contributed by atoms with Gasteiger partial charge in [-0.05, 0) is 30.3 Å². The molecule has 0 heterocycles. The Morgan fingerprint density at radius 1 is 0.750 bits per heavy atom. The van der Waals surface area contributed by atoms with E-state index in [9.17, 15) is 25.3 Å². The highest BCUT2D eigenvalue weighted by molar-refractivity contribution is 7.86. The van der Waals surface area contributed by atoms with E-state index in [0.717, 1.165) is 42.8 Å². The zero-order chi connectivity index (χ0) is 18.3. The van der Waals surface area contributed by atoms with Crippen LogP contribution in [-0.2, 0) is 30.4 Å². The quantitative estimate of drug-likeness (QED) is 0.572. The molecule has 2 rings (SSSR count). The zero-order valence-corrected chi connectivity index (χ0v) is 14.8. The number of fused-ring (bicyclic) bond motifs is 1. The second kappa shape index (κ2) is 5.88. The van der Waals surface area contributed by atoms with Crippen molar-refractivity contribution in [3.8, 4) is 11.5 Å². The molecule has 0 bridgehead atoms. The van der Waals surface area contributed by atoms with Crippen LogP contribution in [0.5, 0.6) is 11.5 Å². The molecule has 0 aliphatic heterocycles. The van der Waals surface area contributed by atoms with Crippen LogP contribution in [0.2, 0.25) is 0 Å². The van der Waals surface area contributed by atoms with Gasteiger partial charge in [0.2, 0.25) is 0 Å². The van der Waals surface area contributed by atoms with Crippen molar-refractivity contribution < 1.29 is 38.2 Å². The minimum atomic E-state index is -4.57. The van der Waals surface area contributed by atoms with E-state index in [0.29, 0.717) is 0 Å². The average Bonchev–Trinajstić information content (AvgIpc) is 2.37. The molecule has 0 aliphatic rings. The van der Waals surface area contributed by atoms with Crippen LogP contribution >= 0.6 is 0 Å². The number of hydrogen-bond donors (Lipinski definition) is 1. The number of hydrogen-bond acceptors (Lipinski definition) is 8. The molecule has 1 N–H and O–H groups in total. The smallest absolute Gasteiger partial charge is 0.306 e. The summed E-state index contributed by atoms with van der Waals surface area (Å²) in [6.07, 6.45) is 1.60. The van der Waals surface area contributed by atoms with Crippen molar-refractivity contribution in [3.05, 3.63) is 30.3 Å². The predicted molar refractivity (Wildman–Crippen MR) is 84.7 cm³/mol. The third-order valence-electron chi connectivity index (χ3n) is 2.69. The van der Waals surface area contributed by atoms with Crippen LogP contribution in [0.3, 0.4) is 0 Å². The standard InChI is InChI=1S/C12H12O9S3/c1-22(13,14)20-11-5-6-12(21-23(2,15)16)10-7-8(24(17,18)19)3-4-9(10)11/h3-7H,1-2H3,(H,17,18,19). The molecule has 0 aliphatic carbocycles. The lowest BCUT2D eigenvalue weighted by atomic mass is 10.1. The Balaban J connectivity index is 2.81. The van der Waals surface area contributed by atoms with Crippen LogP contribution in [0.15, 0.2) is 35.2 Å². The van der Waals surface area contributed by atoms with Crippen molar-refractivity contribution in [2.24, 2.45) is 0 Å². The lowest BCUT2D eigenvalue weighted by molar-refractivity contribution is 0.482. The Morgan fingerprint density at radius 3 is 1.62 bits per heavy atom. The minimum absolute atomic E-state index is 0.0725. The molecule has 0 radical (unpaired) electrons. The molecule has 9 nitrogen and oxygen atoms in total. The molecule has 0 unspecified atom stereocenters. The van der Waals surface area contributed by atoms with E-state index in [-0.39, 0.29) is 22.3 Å². The largest absolute Gasteiger partial charge is 0.382 e. The van der Waals surface area contributed by atoms with Gasteiger partial charge in [-0.15, -0.1) is 0 Å². The maximum absolute atomic E-state index is 11.3. The van der Waals surface area contributed by atoms with Gasteiger partial charge in [0, 0.05) is 10.8 Å².